The predicted octanol–water partition coefficient (Wildman–Crippen LogP) is -1.06. The van der Waals surface area contributed by atoms with Crippen molar-refractivity contribution >= 4 is 17.3 Å². The first-order chi connectivity index (χ1) is 4.75. The van der Waals surface area contributed by atoms with Gasteiger partial charge in [-0.25, -0.2) is 0 Å². The maximum absolute atomic E-state index is 5.80. The van der Waals surface area contributed by atoms with Gasteiger partial charge in [-0.1, -0.05) is 17.7 Å². The van der Waals surface area contributed by atoms with Gasteiger partial charge in [0.1, 0.15) is 0 Å². The number of nitrogens with one attached hydrogen (secondary N) is 1. The minimum atomic E-state index is 0. The van der Waals surface area contributed by atoms with Gasteiger partial charge in [0.25, 0.3) is 0 Å². The second-order valence-electron chi connectivity index (χ2n) is 2.06. The molecule has 0 aliphatic rings. The fourth-order valence-corrected chi connectivity index (χ4v) is 0.938. The van der Waals surface area contributed by atoms with Gasteiger partial charge in [0, 0.05) is 5.02 Å². The molecule has 1 aromatic carbocycles. The third kappa shape index (κ3) is 2.26. The van der Waals surface area contributed by atoms with Crippen LogP contribution in [-0.4, -0.2) is 0 Å². The zero-order chi connectivity index (χ0) is 7.56. The Morgan fingerprint density at radius 2 is 2.09 bits per heavy atom. The predicted molar refractivity (Wildman–Crippen MR) is 44.0 cm³/mol. The molecule has 0 radical (unpaired) electrons. The summed E-state index contributed by atoms with van der Waals surface area (Å²) < 4.78 is 0. The zero-order valence-electron chi connectivity index (χ0n) is 6.07. The Morgan fingerprint density at radius 3 is 2.55 bits per heavy atom. The van der Waals surface area contributed by atoms with Gasteiger partial charge in [0.2, 0.25) is 0 Å². The number of nitrogens with two attached hydrogens (primary N) is 1. The number of anilines is 1. The molecule has 1 rings (SSSR count). The average molecular weight is 192 g/mol. The molecule has 11 heavy (non-hydrogen) atoms. The molecule has 0 bridgehead atoms. The minimum absolute atomic E-state index is 0. The van der Waals surface area contributed by atoms with Crippen molar-refractivity contribution in [3.05, 3.63) is 28.8 Å². The van der Waals surface area contributed by atoms with Crippen LogP contribution in [-0.2, 0) is 0 Å². The van der Waals surface area contributed by atoms with E-state index < -0.39 is 0 Å². The molecular weight excluding hydrogens is 183 g/mol. The van der Waals surface area contributed by atoms with E-state index >= 15 is 0 Å². The van der Waals surface area contributed by atoms with E-state index in [0.717, 1.165) is 16.3 Å². The second-order valence-corrected chi connectivity index (χ2v) is 2.46. The summed E-state index contributed by atoms with van der Waals surface area (Å²) in [4.78, 5) is 0. The van der Waals surface area contributed by atoms with E-state index in [9.17, 15) is 0 Å². The van der Waals surface area contributed by atoms with Gasteiger partial charge < -0.3 is 17.8 Å². The third-order valence-corrected chi connectivity index (χ3v) is 1.83. The molecule has 0 saturated carbocycles. The quantitative estimate of drug-likeness (QED) is 0.439. The largest absolute Gasteiger partial charge is 1.00 e. The van der Waals surface area contributed by atoms with Crippen molar-refractivity contribution in [2.24, 2.45) is 5.84 Å². The zero-order valence-corrected chi connectivity index (χ0v) is 7.58. The van der Waals surface area contributed by atoms with E-state index in [-0.39, 0.29) is 12.4 Å². The first kappa shape index (κ1) is 10.6. The number of hydrogen-bond acceptors (Lipinski definition) is 2. The van der Waals surface area contributed by atoms with Crippen LogP contribution < -0.4 is 23.7 Å². The van der Waals surface area contributed by atoms with E-state index in [1.807, 2.05) is 25.1 Å². The van der Waals surface area contributed by atoms with Gasteiger partial charge in [-0.2, -0.15) is 0 Å². The lowest BCUT2D eigenvalue weighted by Gasteiger charge is -2.04. The van der Waals surface area contributed by atoms with Crippen LogP contribution in [0.1, 0.15) is 5.56 Å². The summed E-state index contributed by atoms with van der Waals surface area (Å²) in [7, 11) is 0. The van der Waals surface area contributed by atoms with E-state index in [1.165, 1.54) is 0 Å². The summed E-state index contributed by atoms with van der Waals surface area (Å²) in [5, 5.41) is 0.732. The molecule has 0 unspecified atom stereocenters. The molecule has 0 aromatic heterocycles. The van der Waals surface area contributed by atoms with Crippen molar-refractivity contribution in [1.29, 1.82) is 0 Å². The van der Waals surface area contributed by atoms with Crippen LogP contribution in [0.2, 0.25) is 5.02 Å². The van der Waals surface area contributed by atoms with Gasteiger partial charge >= 0.3 is 0 Å². The van der Waals surface area contributed by atoms with Gasteiger partial charge in [-0.05, 0) is 24.6 Å². The van der Waals surface area contributed by atoms with Crippen LogP contribution in [0, 0.1) is 6.92 Å². The van der Waals surface area contributed by atoms with Crippen LogP contribution in [0.4, 0.5) is 5.69 Å². The summed E-state index contributed by atoms with van der Waals surface area (Å²) >= 11 is 5.80. The van der Waals surface area contributed by atoms with Crippen LogP contribution in [0.5, 0.6) is 0 Å². The summed E-state index contributed by atoms with van der Waals surface area (Å²) in [5.74, 6) is 5.21. The van der Waals surface area contributed by atoms with Gasteiger partial charge in [-0.3, -0.25) is 5.84 Å². The second kappa shape index (κ2) is 4.44. The number of nitrogen functional groups attached to an aromatic ring is 1. The molecule has 1 aromatic rings. The molecule has 2 nitrogen and oxygen atoms in total. The SMILES string of the molecule is Cc1c(Cl)cccc1NN.[Cl-]. The third-order valence-electron chi connectivity index (χ3n) is 1.42. The van der Waals surface area contributed by atoms with E-state index in [1.54, 1.807) is 0 Å². The molecule has 0 aliphatic carbocycles. The van der Waals surface area contributed by atoms with Crippen molar-refractivity contribution in [2.75, 3.05) is 5.43 Å². The molecular formula is C7H9Cl2N2-. The number of rotatable bonds is 1. The Bertz CT molecular complexity index is 238. The number of halogens is 2. The van der Waals surface area contributed by atoms with Crippen molar-refractivity contribution in [3.8, 4) is 0 Å². The average Bonchev–Trinajstić information content (AvgIpc) is 1.95. The topological polar surface area (TPSA) is 38.0 Å². The summed E-state index contributed by atoms with van der Waals surface area (Å²) in [6, 6.07) is 5.56. The minimum Gasteiger partial charge on any atom is -1.00 e. The van der Waals surface area contributed by atoms with E-state index in [0.29, 0.717) is 0 Å². The highest BCUT2D eigenvalue weighted by atomic mass is 35.5. The lowest BCUT2D eigenvalue weighted by Crippen LogP contribution is -3.00. The molecule has 0 fully saturated rings. The highest BCUT2D eigenvalue weighted by Gasteiger charge is 1.97. The number of benzene rings is 1. The van der Waals surface area contributed by atoms with Crippen LogP contribution in [0.25, 0.3) is 0 Å². The highest BCUT2D eigenvalue weighted by Crippen LogP contribution is 2.21. The Balaban J connectivity index is 0.000001000. The first-order valence-electron chi connectivity index (χ1n) is 2.97. The maximum Gasteiger partial charge on any atom is 0.0529 e. The van der Waals surface area contributed by atoms with Crippen LogP contribution >= 0.6 is 11.6 Å². The summed E-state index contributed by atoms with van der Waals surface area (Å²) in [6.45, 7) is 1.91. The molecule has 0 atom stereocenters. The van der Waals surface area contributed by atoms with Crippen molar-refractivity contribution in [2.45, 2.75) is 6.92 Å². The van der Waals surface area contributed by atoms with Crippen LogP contribution in [0.15, 0.2) is 18.2 Å². The lowest BCUT2D eigenvalue weighted by molar-refractivity contribution is -0.00000207. The summed E-state index contributed by atoms with van der Waals surface area (Å²) in [5.41, 5.74) is 4.40. The monoisotopic (exact) mass is 191 g/mol. The highest BCUT2D eigenvalue weighted by molar-refractivity contribution is 6.31. The van der Waals surface area contributed by atoms with Gasteiger partial charge in [-0.15, -0.1) is 0 Å². The number of hydrazine groups is 1. The summed E-state index contributed by atoms with van der Waals surface area (Å²) in [6.07, 6.45) is 0. The fraction of sp³-hybridized carbons (Fsp3) is 0.143. The Hall–Kier alpha value is -0.440. The number of hydrogen-bond donors (Lipinski definition) is 2. The molecule has 62 valence electrons. The Morgan fingerprint density at radius 1 is 1.45 bits per heavy atom. The first-order valence-corrected chi connectivity index (χ1v) is 3.35. The normalized spacial score (nSPS) is 8.64. The fourth-order valence-electron chi connectivity index (χ4n) is 0.764. The van der Waals surface area contributed by atoms with Gasteiger partial charge in [0.15, 0.2) is 0 Å². The standard InChI is InChI=1S/C7H9ClN2.ClH/c1-5-6(8)3-2-4-7(5)10-9;/h2-4,10H,9H2,1H3;1H/p-1. The molecule has 0 spiro atoms. The lowest BCUT2D eigenvalue weighted by atomic mass is 10.2. The van der Waals surface area contributed by atoms with Crippen molar-refractivity contribution in [1.82, 2.24) is 0 Å². The Kier molecular flexibility index (Phi) is 4.26. The smallest absolute Gasteiger partial charge is 0.0529 e. The van der Waals surface area contributed by atoms with Crippen LogP contribution in [0.3, 0.4) is 0 Å². The molecule has 3 N–H and O–H groups in total. The molecule has 0 saturated heterocycles. The molecule has 0 aliphatic heterocycles. The molecule has 4 heteroatoms. The van der Waals surface area contributed by atoms with Gasteiger partial charge in [0.05, 0.1) is 5.69 Å². The molecule has 0 amide bonds. The van der Waals surface area contributed by atoms with Crippen molar-refractivity contribution in [3.63, 3.8) is 0 Å². The maximum atomic E-state index is 5.80. The van der Waals surface area contributed by atoms with Crippen molar-refractivity contribution < 1.29 is 12.4 Å². The van der Waals surface area contributed by atoms with E-state index in [2.05, 4.69) is 5.43 Å². The van der Waals surface area contributed by atoms with E-state index in [4.69, 9.17) is 17.4 Å². The Labute approximate surface area is 77.1 Å². The molecule has 0 heterocycles.